The standard InChI is InChI=1S/C11H24O2/c1-4-5-6-7-8-11(12)9-13-10(2)3/h10-12H,4-9H2,1-3H3. The van der Waals surface area contributed by atoms with E-state index in [1.54, 1.807) is 0 Å². The largest absolute Gasteiger partial charge is 0.391 e. The Morgan fingerprint density at radius 2 is 1.85 bits per heavy atom. The number of unbranched alkanes of at least 4 members (excludes halogenated alkanes) is 3. The van der Waals surface area contributed by atoms with Crippen LogP contribution in [-0.2, 0) is 4.74 Å². The van der Waals surface area contributed by atoms with Gasteiger partial charge in [-0.05, 0) is 20.3 Å². The Balaban J connectivity index is 3.15. The fourth-order valence-corrected chi connectivity index (χ4v) is 1.19. The van der Waals surface area contributed by atoms with Crippen molar-refractivity contribution in [3.8, 4) is 0 Å². The van der Waals surface area contributed by atoms with Gasteiger partial charge < -0.3 is 9.84 Å². The van der Waals surface area contributed by atoms with Crippen LogP contribution in [0.4, 0.5) is 0 Å². The summed E-state index contributed by atoms with van der Waals surface area (Å²) in [7, 11) is 0. The number of aliphatic hydroxyl groups is 1. The average Bonchev–Trinajstić information content (AvgIpc) is 2.09. The van der Waals surface area contributed by atoms with E-state index in [-0.39, 0.29) is 12.2 Å². The molecule has 1 N–H and O–H groups in total. The molecule has 1 atom stereocenters. The summed E-state index contributed by atoms with van der Waals surface area (Å²) in [4.78, 5) is 0. The van der Waals surface area contributed by atoms with E-state index < -0.39 is 0 Å². The van der Waals surface area contributed by atoms with Crippen LogP contribution in [-0.4, -0.2) is 23.9 Å². The maximum absolute atomic E-state index is 9.47. The monoisotopic (exact) mass is 188 g/mol. The molecule has 0 saturated heterocycles. The minimum absolute atomic E-state index is 0.227. The highest BCUT2D eigenvalue weighted by atomic mass is 16.5. The first-order valence-corrected chi connectivity index (χ1v) is 5.46. The Hall–Kier alpha value is -0.0800. The summed E-state index contributed by atoms with van der Waals surface area (Å²) in [5, 5.41) is 9.47. The molecule has 0 amide bonds. The second-order valence-electron chi connectivity index (χ2n) is 3.89. The highest BCUT2D eigenvalue weighted by molar-refractivity contribution is 4.55. The van der Waals surface area contributed by atoms with Crippen LogP contribution >= 0.6 is 0 Å². The molecule has 0 fully saturated rings. The number of rotatable bonds is 8. The van der Waals surface area contributed by atoms with E-state index in [0.29, 0.717) is 6.61 Å². The fraction of sp³-hybridized carbons (Fsp3) is 1.00. The summed E-state index contributed by atoms with van der Waals surface area (Å²) in [6.45, 7) is 6.66. The molecule has 0 bridgehead atoms. The highest BCUT2D eigenvalue weighted by Gasteiger charge is 2.04. The summed E-state index contributed by atoms with van der Waals surface area (Å²) < 4.78 is 5.31. The van der Waals surface area contributed by atoms with Crippen LogP contribution in [0.5, 0.6) is 0 Å². The normalized spacial score (nSPS) is 13.6. The van der Waals surface area contributed by atoms with Gasteiger partial charge in [0.25, 0.3) is 0 Å². The van der Waals surface area contributed by atoms with Gasteiger partial charge in [-0.1, -0.05) is 32.6 Å². The fourth-order valence-electron chi connectivity index (χ4n) is 1.19. The van der Waals surface area contributed by atoms with E-state index in [4.69, 9.17) is 4.74 Å². The molecular weight excluding hydrogens is 164 g/mol. The van der Waals surface area contributed by atoms with Crippen LogP contribution in [0.2, 0.25) is 0 Å². The lowest BCUT2D eigenvalue weighted by atomic mass is 10.1. The maximum Gasteiger partial charge on any atom is 0.0773 e. The van der Waals surface area contributed by atoms with E-state index in [1.165, 1.54) is 19.3 Å². The van der Waals surface area contributed by atoms with E-state index >= 15 is 0 Å². The summed E-state index contributed by atoms with van der Waals surface area (Å²) in [6.07, 6.45) is 5.72. The van der Waals surface area contributed by atoms with Crippen LogP contribution in [0, 0.1) is 0 Å². The van der Waals surface area contributed by atoms with Crippen molar-refractivity contribution in [2.24, 2.45) is 0 Å². The Morgan fingerprint density at radius 3 is 2.38 bits per heavy atom. The second-order valence-corrected chi connectivity index (χ2v) is 3.89. The van der Waals surface area contributed by atoms with E-state index in [2.05, 4.69) is 6.92 Å². The molecule has 13 heavy (non-hydrogen) atoms. The lowest BCUT2D eigenvalue weighted by Crippen LogP contribution is -2.18. The van der Waals surface area contributed by atoms with Crippen molar-refractivity contribution in [3.05, 3.63) is 0 Å². The van der Waals surface area contributed by atoms with Gasteiger partial charge in [-0.3, -0.25) is 0 Å². The van der Waals surface area contributed by atoms with Crippen LogP contribution in [0.25, 0.3) is 0 Å². The first-order valence-electron chi connectivity index (χ1n) is 5.46. The minimum atomic E-state index is -0.265. The number of ether oxygens (including phenoxy) is 1. The van der Waals surface area contributed by atoms with Crippen molar-refractivity contribution in [1.82, 2.24) is 0 Å². The van der Waals surface area contributed by atoms with Gasteiger partial charge in [-0.25, -0.2) is 0 Å². The van der Waals surface area contributed by atoms with E-state index in [0.717, 1.165) is 12.8 Å². The summed E-state index contributed by atoms with van der Waals surface area (Å²) in [5.41, 5.74) is 0. The third-order valence-electron chi connectivity index (χ3n) is 2.01. The zero-order valence-electron chi connectivity index (χ0n) is 9.25. The Labute approximate surface area is 82.3 Å². The van der Waals surface area contributed by atoms with Gasteiger partial charge in [0, 0.05) is 0 Å². The third kappa shape index (κ3) is 9.84. The molecule has 0 saturated carbocycles. The summed E-state index contributed by atoms with van der Waals surface area (Å²) >= 11 is 0. The van der Waals surface area contributed by atoms with Crippen molar-refractivity contribution >= 4 is 0 Å². The molecule has 0 aromatic carbocycles. The molecule has 0 aromatic rings. The molecule has 80 valence electrons. The van der Waals surface area contributed by atoms with Crippen molar-refractivity contribution in [2.45, 2.75) is 65.1 Å². The maximum atomic E-state index is 9.47. The molecule has 0 aromatic heterocycles. The molecular formula is C11H24O2. The molecule has 0 aliphatic rings. The summed E-state index contributed by atoms with van der Waals surface area (Å²) in [6, 6.07) is 0. The van der Waals surface area contributed by atoms with Gasteiger partial charge in [0.05, 0.1) is 18.8 Å². The van der Waals surface area contributed by atoms with Gasteiger partial charge in [-0.2, -0.15) is 0 Å². The molecule has 0 aliphatic heterocycles. The highest BCUT2D eigenvalue weighted by Crippen LogP contribution is 2.06. The minimum Gasteiger partial charge on any atom is -0.391 e. The molecule has 2 nitrogen and oxygen atoms in total. The predicted octanol–water partition coefficient (Wildman–Crippen LogP) is 2.74. The van der Waals surface area contributed by atoms with Gasteiger partial charge in [-0.15, -0.1) is 0 Å². The number of hydrogen-bond acceptors (Lipinski definition) is 2. The average molecular weight is 188 g/mol. The van der Waals surface area contributed by atoms with Gasteiger partial charge >= 0.3 is 0 Å². The SMILES string of the molecule is CCCCCCC(O)COC(C)C. The molecule has 0 radical (unpaired) electrons. The van der Waals surface area contributed by atoms with Gasteiger partial charge in [0.1, 0.15) is 0 Å². The quantitative estimate of drug-likeness (QED) is 0.593. The Bertz CT molecular complexity index is 102. The Kier molecular flexibility index (Phi) is 8.46. The van der Waals surface area contributed by atoms with Crippen molar-refractivity contribution in [3.63, 3.8) is 0 Å². The lowest BCUT2D eigenvalue weighted by Gasteiger charge is -2.12. The first kappa shape index (κ1) is 12.9. The number of hydrogen-bond donors (Lipinski definition) is 1. The first-order chi connectivity index (χ1) is 6.16. The van der Waals surface area contributed by atoms with Crippen LogP contribution in [0.15, 0.2) is 0 Å². The zero-order chi connectivity index (χ0) is 10.1. The summed E-state index contributed by atoms with van der Waals surface area (Å²) in [5.74, 6) is 0. The molecule has 0 aliphatic carbocycles. The third-order valence-corrected chi connectivity index (χ3v) is 2.01. The second kappa shape index (κ2) is 8.52. The zero-order valence-corrected chi connectivity index (χ0v) is 9.25. The van der Waals surface area contributed by atoms with Crippen molar-refractivity contribution in [2.75, 3.05) is 6.61 Å². The van der Waals surface area contributed by atoms with Crippen LogP contribution < -0.4 is 0 Å². The van der Waals surface area contributed by atoms with E-state index in [9.17, 15) is 5.11 Å². The molecule has 0 heterocycles. The van der Waals surface area contributed by atoms with Crippen molar-refractivity contribution < 1.29 is 9.84 Å². The lowest BCUT2D eigenvalue weighted by molar-refractivity contribution is 0.00179. The predicted molar refractivity (Wildman–Crippen MR) is 55.9 cm³/mol. The molecule has 1 unspecified atom stereocenters. The van der Waals surface area contributed by atoms with Gasteiger partial charge in [0.2, 0.25) is 0 Å². The van der Waals surface area contributed by atoms with Crippen molar-refractivity contribution in [1.29, 1.82) is 0 Å². The molecule has 0 spiro atoms. The topological polar surface area (TPSA) is 29.5 Å². The Morgan fingerprint density at radius 1 is 1.15 bits per heavy atom. The van der Waals surface area contributed by atoms with E-state index in [1.807, 2.05) is 13.8 Å². The van der Waals surface area contributed by atoms with Gasteiger partial charge in [0.15, 0.2) is 0 Å². The number of aliphatic hydroxyl groups excluding tert-OH is 1. The van der Waals surface area contributed by atoms with Crippen LogP contribution in [0.3, 0.4) is 0 Å². The molecule has 2 heteroatoms. The molecule has 0 rings (SSSR count). The van der Waals surface area contributed by atoms with Crippen LogP contribution in [0.1, 0.15) is 52.9 Å². The smallest absolute Gasteiger partial charge is 0.0773 e.